The number of nitrogens with one attached hydrogen (secondary N) is 2. The molecule has 1 aromatic heterocycles. The Morgan fingerprint density at radius 2 is 2.21 bits per heavy atom. The molecule has 2 N–H and O–H groups in total. The van der Waals surface area contributed by atoms with Crippen molar-refractivity contribution in [3.63, 3.8) is 0 Å². The predicted octanol–water partition coefficient (Wildman–Crippen LogP) is 4.06. The van der Waals surface area contributed by atoms with E-state index < -0.39 is 0 Å². The summed E-state index contributed by atoms with van der Waals surface area (Å²) in [4.78, 5) is 0. The smallest absolute Gasteiger partial charge is 0.172 e. The van der Waals surface area contributed by atoms with Gasteiger partial charge in [0.2, 0.25) is 0 Å². The summed E-state index contributed by atoms with van der Waals surface area (Å²) in [5, 5.41) is 12.0. The topological polar surface area (TPSA) is 51.1 Å². The van der Waals surface area contributed by atoms with Crippen LogP contribution in [0.25, 0.3) is 0 Å². The van der Waals surface area contributed by atoms with Gasteiger partial charge < -0.3 is 15.4 Å². The van der Waals surface area contributed by atoms with Crippen LogP contribution >= 0.6 is 39.7 Å². The van der Waals surface area contributed by atoms with Crippen molar-refractivity contribution >= 4 is 50.7 Å². The minimum atomic E-state index is 0.537. The summed E-state index contributed by atoms with van der Waals surface area (Å²) in [6.07, 6.45) is 2.79. The van der Waals surface area contributed by atoms with Crippen LogP contribution in [0.2, 0.25) is 5.02 Å². The first-order valence-electron chi connectivity index (χ1n) is 7.69. The van der Waals surface area contributed by atoms with Crippen molar-refractivity contribution < 1.29 is 4.74 Å². The van der Waals surface area contributed by atoms with E-state index >= 15 is 0 Å². The first-order valence-corrected chi connectivity index (χ1v) is 9.27. The second kappa shape index (κ2) is 9.98. The molecule has 2 rings (SSSR count). The van der Waals surface area contributed by atoms with E-state index in [1.54, 1.807) is 0 Å². The van der Waals surface area contributed by atoms with E-state index in [4.69, 9.17) is 28.6 Å². The van der Waals surface area contributed by atoms with Gasteiger partial charge in [-0.15, -0.1) is 0 Å². The lowest BCUT2D eigenvalue weighted by atomic mass is 10.2. The molecule has 0 bridgehead atoms. The number of benzene rings is 1. The number of hydrogen-bond donors (Lipinski definition) is 2. The van der Waals surface area contributed by atoms with Crippen molar-refractivity contribution in [3.05, 3.63) is 45.5 Å². The lowest BCUT2D eigenvalue weighted by Gasteiger charge is -2.09. The van der Waals surface area contributed by atoms with E-state index in [9.17, 15) is 0 Å². The molecule has 0 saturated heterocycles. The first-order chi connectivity index (χ1) is 11.6. The van der Waals surface area contributed by atoms with Gasteiger partial charge in [0.25, 0.3) is 0 Å². The normalized spacial score (nSPS) is 10.6. The van der Waals surface area contributed by atoms with E-state index in [1.165, 1.54) is 0 Å². The van der Waals surface area contributed by atoms with Gasteiger partial charge in [0.15, 0.2) is 10.9 Å². The van der Waals surface area contributed by atoms with E-state index in [0.717, 1.165) is 41.2 Å². The van der Waals surface area contributed by atoms with E-state index in [0.29, 0.717) is 17.5 Å². The van der Waals surface area contributed by atoms with Crippen LogP contribution in [0.3, 0.4) is 0 Å². The molecule has 0 saturated carbocycles. The van der Waals surface area contributed by atoms with Crippen LogP contribution in [-0.4, -0.2) is 34.7 Å². The molecule has 0 radical (unpaired) electrons. The van der Waals surface area contributed by atoms with Gasteiger partial charge in [0.05, 0.1) is 11.0 Å². The fourth-order valence-electron chi connectivity index (χ4n) is 2.04. The Morgan fingerprint density at radius 3 is 2.96 bits per heavy atom. The van der Waals surface area contributed by atoms with Crippen LogP contribution in [0.15, 0.2) is 34.9 Å². The third kappa shape index (κ3) is 6.05. The Kier molecular flexibility index (Phi) is 7.98. The summed E-state index contributed by atoms with van der Waals surface area (Å²) in [6, 6.07) is 7.72. The Bertz CT molecular complexity index is 680. The lowest BCUT2D eigenvalue weighted by molar-refractivity contribution is 0.146. The van der Waals surface area contributed by atoms with Crippen molar-refractivity contribution in [3.8, 4) is 0 Å². The van der Waals surface area contributed by atoms with Crippen LogP contribution in [0.5, 0.6) is 0 Å². The highest BCUT2D eigenvalue weighted by atomic mass is 79.9. The van der Waals surface area contributed by atoms with Gasteiger partial charge in [0.1, 0.15) is 0 Å². The molecule has 2 aromatic rings. The molecular formula is C16H20BrClN4OS. The molecular weight excluding hydrogens is 412 g/mol. The van der Waals surface area contributed by atoms with Crippen molar-refractivity contribution in [1.29, 1.82) is 0 Å². The van der Waals surface area contributed by atoms with Gasteiger partial charge in [-0.3, -0.25) is 4.68 Å². The molecule has 24 heavy (non-hydrogen) atoms. The first kappa shape index (κ1) is 19.2. The molecule has 1 heterocycles. The zero-order valence-corrected chi connectivity index (χ0v) is 16.5. The van der Waals surface area contributed by atoms with Crippen molar-refractivity contribution in [1.82, 2.24) is 15.1 Å². The SMILES string of the molecule is CCOCCCNC(=S)Nc1nn(Cc2ccccc2Cl)cc1Br. The number of thiocarbonyl (C=S) groups is 1. The number of aromatic nitrogens is 2. The molecule has 0 amide bonds. The van der Waals surface area contributed by atoms with Crippen LogP contribution in [0, 0.1) is 0 Å². The highest BCUT2D eigenvalue weighted by molar-refractivity contribution is 9.10. The van der Waals surface area contributed by atoms with E-state index in [2.05, 4.69) is 31.7 Å². The average molecular weight is 432 g/mol. The number of nitrogens with zero attached hydrogens (tertiary/aromatic N) is 2. The molecule has 8 heteroatoms. The van der Waals surface area contributed by atoms with Gasteiger partial charge in [-0.2, -0.15) is 5.10 Å². The maximum atomic E-state index is 6.19. The van der Waals surface area contributed by atoms with Gasteiger partial charge in [-0.1, -0.05) is 29.8 Å². The second-order valence-electron chi connectivity index (χ2n) is 5.05. The van der Waals surface area contributed by atoms with E-state index in [-0.39, 0.29) is 0 Å². The standard InChI is InChI=1S/C16H20BrClN4OS/c1-2-23-9-5-8-19-16(24)20-15-13(17)11-22(21-15)10-12-6-3-4-7-14(12)18/h3-4,6-7,11H,2,5,8-10H2,1H3,(H2,19,20,21,24). The quantitative estimate of drug-likeness (QED) is 0.487. The minimum Gasteiger partial charge on any atom is -0.382 e. The summed E-state index contributed by atoms with van der Waals surface area (Å²) in [5.74, 6) is 0.671. The molecule has 0 unspecified atom stereocenters. The predicted molar refractivity (Wildman–Crippen MR) is 106 cm³/mol. The number of anilines is 1. The van der Waals surface area contributed by atoms with Crippen LogP contribution < -0.4 is 10.6 Å². The summed E-state index contributed by atoms with van der Waals surface area (Å²) >= 11 is 15.0. The van der Waals surface area contributed by atoms with E-state index in [1.807, 2.05) is 42.1 Å². The molecule has 5 nitrogen and oxygen atoms in total. The number of halogens is 2. The summed E-state index contributed by atoms with van der Waals surface area (Å²) in [6.45, 7) is 4.79. The second-order valence-corrected chi connectivity index (χ2v) is 6.72. The zero-order chi connectivity index (χ0) is 17.4. The molecule has 0 aliphatic rings. The fraction of sp³-hybridized carbons (Fsp3) is 0.375. The largest absolute Gasteiger partial charge is 0.382 e. The molecule has 0 spiro atoms. The minimum absolute atomic E-state index is 0.537. The lowest BCUT2D eigenvalue weighted by Crippen LogP contribution is -2.30. The molecule has 0 atom stereocenters. The van der Waals surface area contributed by atoms with Crippen molar-refractivity contribution in [2.24, 2.45) is 0 Å². The number of rotatable bonds is 8. The Labute approximate surface area is 160 Å². The van der Waals surface area contributed by atoms with Gasteiger partial charge in [-0.25, -0.2) is 0 Å². The summed E-state index contributed by atoms with van der Waals surface area (Å²) in [5.41, 5.74) is 1.01. The third-order valence-corrected chi connectivity index (χ3v) is 4.39. The third-order valence-electron chi connectivity index (χ3n) is 3.19. The number of hydrogen-bond acceptors (Lipinski definition) is 3. The highest BCUT2D eigenvalue weighted by Crippen LogP contribution is 2.22. The maximum absolute atomic E-state index is 6.19. The molecule has 1 aromatic carbocycles. The molecule has 130 valence electrons. The van der Waals surface area contributed by atoms with Crippen molar-refractivity contribution in [2.75, 3.05) is 25.1 Å². The fourth-order valence-corrected chi connectivity index (χ4v) is 2.85. The van der Waals surface area contributed by atoms with Gasteiger partial charge in [0, 0.05) is 31.0 Å². The highest BCUT2D eigenvalue weighted by Gasteiger charge is 2.09. The van der Waals surface area contributed by atoms with Crippen LogP contribution in [0.4, 0.5) is 5.82 Å². The van der Waals surface area contributed by atoms with Gasteiger partial charge >= 0.3 is 0 Å². The Morgan fingerprint density at radius 1 is 1.42 bits per heavy atom. The Balaban J connectivity index is 1.87. The van der Waals surface area contributed by atoms with Gasteiger partial charge in [-0.05, 0) is 53.1 Å². The Hall–Kier alpha value is -1.15. The maximum Gasteiger partial charge on any atom is 0.172 e. The van der Waals surface area contributed by atoms with Crippen LogP contribution in [0.1, 0.15) is 18.9 Å². The molecule has 0 aliphatic heterocycles. The summed E-state index contributed by atoms with van der Waals surface area (Å²) < 4.78 is 7.94. The summed E-state index contributed by atoms with van der Waals surface area (Å²) in [7, 11) is 0. The van der Waals surface area contributed by atoms with Crippen LogP contribution in [-0.2, 0) is 11.3 Å². The zero-order valence-electron chi connectivity index (χ0n) is 13.4. The molecule has 0 aliphatic carbocycles. The average Bonchev–Trinajstić information content (AvgIpc) is 2.89. The number of ether oxygens (including phenoxy) is 1. The monoisotopic (exact) mass is 430 g/mol. The molecule has 0 fully saturated rings. The van der Waals surface area contributed by atoms with Crippen molar-refractivity contribution in [2.45, 2.75) is 19.9 Å².